The maximum absolute atomic E-state index is 13.9. The number of rotatable bonds is 14. The van der Waals surface area contributed by atoms with E-state index in [4.69, 9.17) is 52.1 Å². The van der Waals surface area contributed by atoms with Gasteiger partial charge in [-0.3, -0.25) is 43.2 Å². The fourth-order valence-corrected chi connectivity index (χ4v) is 5.51. The molecule has 2 aliphatic rings. The highest BCUT2D eigenvalue weighted by Crippen LogP contribution is 2.32. The van der Waals surface area contributed by atoms with Crippen LogP contribution in [0.4, 0.5) is 4.79 Å². The highest BCUT2D eigenvalue weighted by Gasteiger charge is 2.56. The third-order valence-electron chi connectivity index (χ3n) is 7.19. The molecule has 2 saturated heterocycles. The first-order chi connectivity index (χ1) is 25.6. The standard InChI is InChI=1S/C32H44N2O21/c1-12(35)45-10-21(47-14(3)37)26-29(51-18(7)41)28(50-17(6)40)24(31(55-26)53-20(9)43)34-32(44)33-23-27(49-16(5)39)25(48-15(4)38)22(11-46-13(2)36)54-30(23)52-19(8)42/h21-31H,10-11H2,1-9H3,(H2,33,34,44)/t21-,22-,23-,24+,25-,26+,27-,28+,29+,30-,31-/m1/s1. The summed E-state index contributed by atoms with van der Waals surface area (Å²) in [6.07, 6.45) is -15.3. The van der Waals surface area contributed by atoms with E-state index in [1.54, 1.807) is 0 Å². The van der Waals surface area contributed by atoms with Gasteiger partial charge in [0.05, 0.1) is 0 Å². The molecule has 55 heavy (non-hydrogen) atoms. The largest absolute Gasteiger partial charge is 0.463 e. The monoisotopic (exact) mass is 792 g/mol. The van der Waals surface area contributed by atoms with Crippen LogP contribution < -0.4 is 10.6 Å². The quantitative estimate of drug-likeness (QED) is 0.148. The summed E-state index contributed by atoms with van der Waals surface area (Å²) in [5.41, 5.74) is 0. The number of carbonyl (C=O) groups excluding carboxylic acids is 10. The van der Waals surface area contributed by atoms with Gasteiger partial charge in [-0.25, -0.2) is 4.79 Å². The van der Waals surface area contributed by atoms with E-state index in [1.165, 1.54) is 0 Å². The van der Waals surface area contributed by atoms with Crippen LogP contribution in [0.25, 0.3) is 0 Å². The molecule has 308 valence electrons. The molecule has 0 radical (unpaired) electrons. The van der Waals surface area contributed by atoms with E-state index in [9.17, 15) is 47.9 Å². The van der Waals surface area contributed by atoms with Gasteiger partial charge in [-0.05, 0) is 0 Å². The number of hydrogen-bond donors (Lipinski definition) is 2. The van der Waals surface area contributed by atoms with Crippen LogP contribution in [-0.4, -0.2) is 140 Å². The predicted octanol–water partition coefficient (Wildman–Crippen LogP) is -1.62. The molecule has 2 amide bonds. The lowest BCUT2D eigenvalue weighted by atomic mass is 9.92. The van der Waals surface area contributed by atoms with Crippen LogP contribution in [0.1, 0.15) is 62.3 Å². The lowest BCUT2D eigenvalue weighted by Gasteiger charge is -2.47. The van der Waals surface area contributed by atoms with Crippen molar-refractivity contribution in [1.82, 2.24) is 10.6 Å². The Balaban J connectivity index is 2.67. The van der Waals surface area contributed by atoms with Crippen molar-refractivity contribution in [1.29, 1.82) is 0 Å². The number of esters is 9. The Morgan fingerprint density at radius 1 is 0.473 bits per heavy atom. The van der Waals surface area contributed by atoms with E-state index >= 15 is 0 Å². The van der Waals surface area contributed by atoms with Gasteiger partial charge in [0.2, 0.25) is 12.6 Å². The fraction of sp³-hybridized carbons (Fsp3) is 0.688. The zero-order valence-electron chi connectivity index (χ0n) is 31.3. The smallest absolute Gasteiger partial charge is 0.315 e. The number of urea groups is 1. The van der Waals surface area contributed by atoms with Crippen LogP contribution in [0, 0.1) is 0 Å². The molecule has 0 spiro atoms. The molecule has 0 aromatic rings. The molecule has 11 atom stereocenters. The van der Waals surface area contributed by atoms with Gasteiger partial charge in [-0.15, -0.1) is 0 Å². The lowest BCUT2D eigenvalue weighted by molar-refractivity contribution is -0.283. The first-order valence-electron chi connectivity index (χ1n) is 16.4. The van der Waals surface area contributed by atoms with Gasteiger partial charge >= 0.3 is 59.8 Å². The Morgan fingerprint density at radius 2 is 0.873 bits per heavy atom. The Labute approximate surface area is 313 Å². The van der Waals surface area contributed by atoms with Crippen molar-refractivity contribution in [3.63, 3.8) is 0 Å². The summed E-state index contributed by atoms with van der Waals surface area (Å²) in [7, 11) is 0. The van der Waals surface area contributed by atoms with Crippen LogP contribution in [0.5, 0.6) is 0 Å². The average Bonchev–Trinajstić information content (AvgIpc) is 3.02. The van der Waals surface area contributed by atoms with Crippen LogP contribution in [0.15, 0.2) is 0 Å². The van der Waals surface area contributed by atoms with E-state index in [-0.39, 0.29) is 0 Å². The molecule has 0 aromatic heterocycles. The van der Waals surface area contributed by atoms with Crippen molar-refractivity contribution in [3.8, 4) is 0 Å². The highest BCUT2D eigenvalue weighted by atomic mass is 16.7. The molecule has 2 heterocycles. The van der Waals surface area contributed by atoms with Crippen molar-refractivity contribution in [3.05, 3.63) is 0 Å². The molecule has 2 rings (SSSR count). The molecule has 0 saturated carbocycles. The molecular formula is C32H44N2O21. The summed E-state index contributed by atoms with van der Waals surface area (Å²) < 4.78 is 59.1. The number of nitrogens with one attached hydrogen (secondary N) is 2. The first kappa shape index (κ1) is 45.6. The highest BCUT2D eigenvalue weighted by molar-refractivity contribution is 5.76. The topological polar surface area (TPSA) is 296 Å². The maximum Gasteiger partial charge on any atom is 0.315 e. The molecule has 0 unspecified atom stereocenters. The second-order valence-electron chi connectivity index (χ2n) is 11.9. The van der Waals surface area contributed by atoms with Crippen molar-refractivity contribution in [2.45, 2.75) is 130 Å². The predicted molar refractivity (Wildman–Crippen MR) is 171 cm³/mol. The number of carbonyl (C=O) groups is 10. The molecule has 2 aliphatic heterocycles. The second kappa shape index (κ2) is 20.8. The SMILES string of the molecule is CC(=O)OC[C@@H](OC(C)=O)[C@@H]1O[C@@H](OC(C)=O)[C@@H](NC(=O)N[C@H]2[C@H](OC(C)=O)O[C@H](COC(C)=O)[C@@H](OC(C)=O)[C@@H]2OC(C)=O)[C@H](OC(C)=O)[C@H]1OC(C)=O. The normalized spacial score (nSPS) is 27.7. The third-order valence-corrected chi connectivity index (χ3v) is 7.19. The molecule has 23 heteroatoms. The van der Waals surface area contributed by atoms with Gasteiger partial charge in [0.25, 0.3) is 0 Å². The zero-order chi connectivity index (χ0) is 41.7. The van der Waals surface area contributed by atoms with Crippen molar-refractivity contribution < 1.29 is 100 Å². The van der Waals surface area contributed by atoms with Gasteiger partial charge in [0, 0.05) is 62.3 Å². The van der Waals surface area contributed by atoms with E-state index in [0.29, 0.717) is 0 Å². The molecule has 23 nitrogen and oxygen atoms in total. The Hall–Kier alpha value is -5.58. The van der Waals surface area contributed by atoms with E-state index < -0.39 is 140 Å². The van der Waals surface area contributed by atoms with Crippen molar-refractivity contribution in [2.75, 3.05) is 13.2 Å². The van der Waals surface area contributed by atoms with Gasteiger partial charge < -0.3 is 62.7 Å². The third kappa shape index (κ3) is 14.6. The molecule has 2 fully saturated rings. The van der Waals surface area contributed by atoms with Crippen LogP contribution in [-0.2, 0) is 95.3 Å². The summed E-state index contributed by atoms with van der Waals surface area (Å²) >= 11 is 0. The molecular weight excluding hydrogens is 748 g/mol. The van der Waals surface area contributed by atoms with Crippen LogP contribution in [0.2, 0.25) is 0 Å². The van der Waals surface area contributed by atoms with Gasteiger partial charge in [0.1, 0.15) is 37.5 Å². The Morgan fingerprint density at radius 3 is 1.29 bits per heavy atom. The van der Waals surface area contributed by atoms with Crippen molar-refractivity contribution >= 4 is 59.8 Å². The fourth-order valence-electron chi connectivity index (χ4n) is 5.51. The number of ether oxygens (including phenoxy) is 11. The first-order valence-corrected chi connectivity index (χ1v) is 16.4. The van der Waals surface area contributed by atoms with Crippen LogP contribution >= 0.6 is 0 Å². The summed E-state index contributed by atoms with van der Waals surface area (Å²) in [4.78, 5) is 123. The summed E-state index contributed by atoms with van der Waals surface area (Å²) in [5, 5.41) is 4.72. The number of hydrogen-bond acceptors (Lipinski definition) is 21. The Bertz CT molecular complexity index is 1480. The summed E-state index contributed by atoms with van der Waals surface area (Å²) in [5.74, 6) is -8.41. The molecule has 0 bridgehead atoms. The minimum atomic E-state index is -1.93. The van der Waals surface area contributed by atoms with Gasteiger partial charge in [-0.1, -0.05) is 0 Å². The Kier molecular flexibility index (Phi) is 17.2. The minimum Gasteiger partial charge on any atom is -0.463 e. The summed E-state index contributed by atoms with van der Waals surface area (Å²) in [6.45, 7) is 7.63. The molecule has 0 aliphatic carbocycles. The maximum atomic E-state index is 13.9. The van der Waals surface area contributed by atoms with E-state index in [2.05, 4.69) is 10.6 Å². The van der Waals surface area contributed by atoms with Gasteiger partial charge in [-0.2, -0.15) is 0 Å². The van der Waals surface area contributed by atoms with Crippen molar-refractivity contribution in [2.24, 2.45) is 0 Å². The minimum absolute atomic E-state index is 0.597. The zero-order valence-corrected chi connectivity index (χ0v) is 31.3. The van der Waals surface area contributed by atoms with Crippen LogP contribution in [0.3, 0.4) is 0 Å². The van der Waals surface area contributed by atoms with E-state index in [0.717, 1.165) is 62.3 Å². The average molecular weight is 793 g/mol. The number of amides is 2. The second-order valence-corrected chi connectivity index (χ2v) is 11.9. The molecule has 0 aromatic carbocycles. The lowest BCUT2D eigenvalue weighted by Crippen LogP contribution is -2.71. The van der Waals surface area contributed by atoms with Gasteiger partial charge in [0.15, 0.2) is 30.5 Å². The van der Waals surface area contributed by atoms with E-state index in [1.807, 2.05) is 0 Å². The summed E-state index contributed by atoms with van der Waals surface area (Å²) in [6, 6.07) is -4.80. The molecule has 2 N–H and O–H groups in total.